The highest BCUT2D eigenvalue weighted by Gasteiger charge is 2.37. The van der Waals surface area contributed by atoms with Gasteiger partial charge in [-0.05, 0) is 43.6 Å². The summed E-state index contributed by atoms with van der Waals surface area (Å²) in [6, 6.07) is 0. The molecule has 2 rings (SSSR count). The van der Waals surface area contributed by atoms with Crippen LogP contribution in [0.1, 0.15) is 45.4 Å². The fraction of sp³-hybridized carbons (Fsp3) is 0.714. The third-order valence-corrected chi connectivity index (χ3v) is 4.33. The van der Waals surface area contributed by atoms with E-state index in [1.165, 1.54) is 18.4 Å². The lowest BCUT2D eigenvalue weighted by atomic mass is 9.65. The van der Waals surface area contributed by atoms with Gasteiger partial charge in [0, 0.05) is 12.3 Å². The van der Waals surface area contributed by atoms with Crippen molar-refractivity contribution in [3.8, 4) is 0 Å². The molecule has 3 heteroatoms. The van der Waals surface area contributed by atoms with E-state index in [-0.39, 0.29) is 24.0 Å². The van der Waals surface area contributed by atoms with Gasteiger partial charge in [-0.3, -0.25) is 9.59 Å². The first-order valence-electron chi connectivity index (χ1n) is 6.55. The summed E-state index contributed by atoms with van der Waals surface area (Å²) >= 11 is 0. The minimum Gasteiger partial charge on any atom is -0.481 e. The van der Waals surface area contributed by atoms with E-state index in [1.807, 2.05) is 13.0 Å². The smallest absolute Gasteiger partial charge is 0.303 e. The summed E-state index contributed by atoms with van der Waals surface area (Å²) in [6.45, 7) is 1.96. The van der Waals surface area contributed by atoms with Crippen molar-refractivity contribution in [2.75, 3.05) is 0 Å². The average molecular weight is 236 g/mol. The SMILES string of the molecule is C[C@@H]1C(=O)C=C2CCCC[C@@H]2[C@@H]1CCC(=O)O. The third kappa shape index (κ3) is 2.59. The topological polar surface area (TPSA) is 54.4 Å². The molecule has 0 saturated heterocycles. The minimum atomic E-state index is -0.753. The molecule has 0 aromatic heterocycles. The van der Waals surface area contributed by atoms with E-state index >= 15 is 0 Å². The number of hydrogen-bond acceptors (Lipinski definition) is 2. The molecule has 1 saturated carbocycles. The zero-order valence-corrected chi connectivity index (χ0v) is 10.3. The Morgan fingerprint density at radius 3 is 2.94 bits per heavy atom. The van der Waals surface area contributed by atoms with Crippen LogP contribution in [0.3, 0.4) is 0 Å². The van der Waals surface area contributed by atoms with Crippen LogP contribution in [0.25, 0.3) is 0 Å². The monoisotopic (exact) mass is 236 g/mol. The molecule has 2 aliphatic rings. The van der Waals surface area contributed by atoms with Crippen molar-refractivity contribution in [1.29, 1.82) is 0 Å². The largest absolute Gasteiger partial charge is 0.481 e. The van der Waals surface area contributed by atoms with Crippen LogP contribution in [-0.4, -0.2) is 16.9 Å². The normalized spacial score (nSPS) is 32.9. The van der Waals surface area contributed by atoms with Gasteiger partial charge in [0.25, 0.3) is 0 Å². The molecule has 0 unspecified atom stereocenters. The fourth-order valence-corrected chi connectivity index (χ4v) is 3.35. The molecular formula is C14H20O3. The molecule has 0 heterocycles. The molecule has 1 N–H and O–H groups in total. The van der Waals surface area contributed by atoms with Crippen LogP contribution in [-0.2, 0) is 9.59 Å². The maximum absolute atomic E-state index is 11.9. The number of carbonyl (C=O) groups is 2. The predicted molar refractivity (Wildman–Crippen MR) is 64.6 cm³/mol. The summed E-state index contributed by atoms with van der Waals surface area (Å²) in [5.74, 6) is 0.168. The molecule has 17 heavy (non-hydrogen) atoms. The molecule has 0 aliphatic heterocycles. The second kappa shape index (κ2) is 5.03. The van der Waals surface area contributed by atoms with Crippen LogP contribution in [0.15, 0.2) is 11.6 Å². The van der Waals surface area contributed by atoms with Crippen LogP contribution in [0.5, 0.6) is 0 Å². The number of aliphatic carboxylic acids is 1. The zero-order chi connectivity index (χ0) is 12.4. The highest BCUT2D eigenvalue weighted by Crippen LogP contribution is 2.43. The maximum atomic E-state index is 11.9. The summed E-state index contributed by atoms with van der Waals surface area (Å²) in [7, 11) is 0. The number of carboxylic acids is 1. The Morgan fingerprint density at radius 1 is 1.47 bits per heavy atom. The molecule has 0 bridgehead atoms. The highest BCUT2D eigenvalue weighted by molar-refractivity contribution is 5.93. The number of fused-ring (bicyclic) bond motifs is 1. The van der Waals surface area contributed by atoms with Gasteiger partial charge in [-0.25, -0.2) is 0 Å². The van der Waals surface area contributed by atoms with E-state index in [2.05, 4.69) is 0 Å². The number of ketones is 1. The van der Waals surface area contributed by atoms with Gasteiger partial charge < -0.3 is 5.11 Å². The standard InChI is InChI=1S/C14H20O3/c1-9-11(6-7-14(16)17)12-5-3-2-4-10(12)8-13(9)15/h8-9,11-12H,2-7H2,1H3,(H,16,17)/t9-,11+,12-/m0/s1. The molecule has 0 spiro atoms. The van der Waals surface area contributed by atoms with Gasteiger partial charge in [-0.2, -0.15) is 0 Å². The Bertz CT molecular complexity index is 356. The molecule has 0 aromatic rings. The number of carboxylic acid groups (broad SMARTS) is 1. The number of rotatable bonds is 3. The lowest BCUT2D eigenvalue weighted by molar-refractivity contribution is -0.138. The highest BCUT2D eigenvalue weighted by atomic mass is 16.4. The molecule has 0 aromatic carbocycles. The quantitative estimate of drug-likeness (QED) is 0.819. The fourth-order valence-electron chi connectivity index (χ4n) is 3.35. The number of carbonyl (C=O) groups excluding carboxylic acids is 1. The van der Waals surface area contributed by atoms with E-state index in [0.717, 1.165) is 12.8 Å². The van der Waals surface area contributed by atoms with Crippen LogP contribution in [0.4, 0.5) is 0 Å². The maximum Gasteiger partial charge on any atom is 0.303 e. The molecule has 1 fully saturated rings. The van der Waals surface area contributed by atoms with Gasteiger partial charge in [-0.1, -0.05) is 18.9 Å². The third-order valence-electron chi connectivity index (χ3n) is 4.33. The Balaban J connectivity index is 2.14. The van der Waals surface area contributed by atoms with Gasteiger partial charge in [-0.15, -0.1) is 0 Å². The molecular weight excluding hydrogens is 216 g/mol. The van der Waals surface area contributed by atoms with Crippen LogP contribution >= 0.6 is 0 Å². The lowest BCUT2D eigenvalue weighted by Crippen LogP contribution is -2.34. The van der Waals surface area contributed by atoms with Crippen molar-refractivity contribution in [3.05, 3.63) is 11.6 Å². The Labute approximate surface area is 102 Å². The first kappa shape index (κ1) is 12.3. The Morgan fingerprint density at radius 2 is 2.24 bits per heavy atom. The second-order valence-corrected chi connectivity index (χ2v) is 5.36. The van der Waals surface area contributed by atoms with Gasteiger partial charge >= 0.3 is 5.97 Å². The molecule has 0 amide bonds. The molecule has 2 aliphatic carbocycles. The number of allylic oxidation sites excluding steroid dienone is 2. The van der Waals surface area contributed by atoms with Crippen molar-refractivity contribution in [1.82, 2.24) is 0 Å². The second-order valence-electron chi connectivity index (χ2n) is 5.36. The predicted octanol–water partition coefficient (Wildman–Crippen LogP) is 2.80. The molecule has 3 nitrogen and oxygen atoms in total. The number of hydrogen-bond donors (Lipinski definition) is 1. The van der Waals surface area contributed by atoms with E-state index in [0.29, 0.717) is 12.3 Å². The van der Waals surface area contributed by atoms with E-state index in [4.69, 9.17) is 5.11 Å². The molecule has 0 radical (unpaired) electrons. The van der Waals surface area contributed by atoms with Crippen LogP contribution in [0.2, 0.25) is 0 Å². The van der Waals surface area contributed by atoms with Gasteiger partial charge in [0.15, 0.2) is 5.78 Å². The van der Waals surface area contributed by atoms with Crippen molar-refractivity contribution in [2.45, 2.75) is 45.4 Å². The first-order valence-corrected chi connectivity index (χ1v) is 6.55. The minimum absolute atomic E-state index is 0.00111. The summed E-state index contributed by atoms with van der Waals surface area (Å²) in [5.41, 5.74) is 1.29. The van der Waals surface area contributed by atoms with Crippen LogP contribution < -0.4 is 0 Å². The van der Waals surface area contributed by atoms with Crippen molar-refractivity contribution in [3.63, 3.8) is 0 Å². The van der Waals surface area contributed by atoms with Crippen LogP contribution in [0, 0.1) is 17.8 Å². The zero-order valence-electron chi connectivity index (χ0n) is 10.3. The van der Waals surface area contributed by atoms with Gasteiger partial charge in [0.05, 0.1) is 0 Å². The average Bonchev–Trinajstić information content (AvgIpc) is 2.29. The molecule has 94 valence electrons. The lowest BCUT2D eigenvalue weighted by Gasteiger charge is -2.38. The van der Waals surface area contributed by atoms with Crippen molar-refractivity contribution in [2.24, 2.45) is 17.8 Å². The van der Waals surface area contributed by atoms with Crippen molar-refractivity contribution >= 4 is 11.8 Å². The van der Waals surface area contributed by atoms with Gasteiger partial charge in [0.2, 0.25) is 0 Å². The Hall–Kier alpha value is -1.12. The van der Waals surface area contributed by atoms with Gasteiger partial charge in [0.1, 0.15) is 0 Å². The van der Waals surface area contributed by atoms with E-state index in [9.17, 15) is 9.59 Å². The van der Waals surface area contributed by atoms with Crippen molar-refractivity contribution < 1.29 is 14.7 Å². The summed E-state index contributed by atoms with van der Waals surface area (Å²) < 4.78 is 0. The summed E-state index contributed by atoms with van der Waals surface area (Å²) in [5, 5.41) is 8.79. The van der Waals surface area contributed by atoms with E-state index < -0.39 is 5.97 Å². The summed E-state index contributed by atoms with van der Waals surface area (Å²) in [4.78, 5) is 22.6. The first-order chi connectivity index (χ1) is 8.09. The Kier molecular flexibility index (Phi) is 3.65. The van der Waals surface area contributed by atoms with E-state index in [1.54, 1.807) is 0 Å². The summed E-state index contributed by atoms with van der Waals surface area (Å²) in [6.07, 6.45) is 7.23. The molecule has 3 atom stereocenters.